The summed E-state index contributed by atoms with van der Waals surface area (Å²) < 4.78 is 38.0. The number of rotatable bonds is 5. The quantitative estimate of drug-likeness (QED) is 0.436. The van der Waals surface area contributed by atoms with Crippen LogP contribution in [0.4, 0.5) is 24.7 Å². The predicted molar refractivity (Wildman–Crippen MR) is 101 cm³/mol. The maximum atomic E-state index is 12.7. The molecule has 1 heterocycles. The molecule has 0 bridgehead atoms. The van der Waals surface area contributed by atoms with E-state index in [0.717, 1.165) is 23.3 Å². The van der Waals surface area contributed by atoms with Gasteiger partial charge in [-0.05, 0) is 29.8 Å². The van der Waals surface area contributed by atoms with Crippen molar-refractivity contribution < 1.29 is 18.3 Å². The number of benzene rings is 2. The molecule has 1 atom stereocenters. The van der Waals surface area contributed by atoms with E-state index in [2.05, 4.69) is 27.9 Å². The molecule has 1 unspecified atom stereocenters. The summed E-state index contributed by atoms with van der Waals surface area (Å²) in [6.45, 7) is 0. The first kappa shape index (κ1) is 19.2. The van der Waals surface area contributed by atoms with E-state index < -0.39 is 17.2 Å². The van der Waals surface area contributed by atoms with Gasteiger partial charge in [0.2, 0.25) is 0 Å². The van der Waals surface area contributed by atoms with Gasteiger partial charge in [0.15, 0.2) is 5.82 Å². The molecule has 0 aliphatic carbocycles. The third-order valence-electron chi connectivity index (χ3n) is 3.82. The fourth-order valence-electron chi connectivity index (χ4n) is 2.53. The molecule has 27 heavy (non-hydrogen) atoms. The monoisotopic (exact) mass is 391 g/mol. The molecule has 0 aliphatic rings. The van der Waals surface area contributed by atoms with E-state index >= 15 is 0 Å². The minimum atomic E-state index is -4.38. The highest BCUT2D eigenvalue weighted by Gasteiger charge is 2.29. The van der Waals surface area contributed by atoms with Crippen LogP contribution in [-0.2, 0) is 12.6 Å². The molecular formula is C19H16F3N3OS. The van der Waals surface area contributed by atoms with Crippen LogP contribution in [0, 0.1) is 0 Å². The molecule has 2 N–H and O–H groups in total. The molecule has 0 fully saturated rings. The highest BCUT2D eigenvalue weighted by Crippen LogP contribution is 2.31. The highest BCUT2D eigenvalue weighted by molar-refractivity contribution is 7.80. The number of aliphatic hydroxyl groups excluding tert-OH is 1. The maximum Gasteiger partial charge on any atom is 0.416 e. The van der Waals surface area contributed by atoms with Gasteiger partial charge in [-0.1, -0.05) is 24.3 Å². The summed E-state index contributed by atoms with van der Waals surface area (Å²) in [4.78, 5) is 8.57. The number of anilines is 2. The maximum absolute atomic E-state index is 12.7. The normalized spacial score (nSPS) is 12.6. The van der Waals surface area contributed by atoms with E-state index in [9.17, 15) is 18.3 Å². The van der Waals surface area contributed by atoms with Crippen molar-refractivity contribution in [3.63, 3.8) is 0 Å². The van der Waals surface area contributed by atoms with Crippen molar-refractivity contribution in [2.45, 2.75) is 18.0 Å². The molecule has 4 nitrogen and oxygen atoms in total. The van der Waals surface area contributed by atoms with Crippen LogP contribution in [-0.4, -0.2) is 20.5 Å². The number of aromatic nitrogens is 2. The number of halogens is 3. The Morgan fingerprint density at radius 3 is 2.19 bits per heavy atom. The van der Waals surface area contributed by atoms with Gasteiger partial charge in [-0.2, -0.15) is 13.2 Å². The summed E-state index contributed by atoms with van der Waals surface area (Å²) in [5.41, 5.74) is 1.30. The number of alkyl halides is 3. The van der Waals surface area contributed by atoms with Crippen LogP contribution in [0.1, 0.15) is 11.1 Å². The first-order valence-electron chi connectivity index (χ1n) is 8.03. The highest BCUT2D eigenvalue weighted by atomic mass is 32.1. The van der Waals surface area contributed by atoms with Gasteiger partial charge in [0.1, 0.15) is 11.1 Å². The van der Waals surface area contributed by atoms with Crippen molar-refractivity contribution in [1.29, 1.82) is 0 Å². The summed E-state index contributed by atoms with van der Waals surface area (Å²) >= 11 is 3.95. The molecule has 140 valence electrons. The summed E-state index contributed by atoms with van der Waals surface area (Å²) in [5, 5.41) is 12.3. The molecule has 0 radical (unpaired) electrons. The van der Waals surface area contributed by atoms with Crippen LogP contribution in [0.3, 0.4) is 0 Å². The lowest BCUT2D eigenvalue weighted by Gasteiger charge is -2.12. The second-order valence-corrected chi connectivity index (χ2v) is 6.43. The fourth-order valence-corrected chi connectivity index (χ4v) is 2.74. The summed E-state index contributed by atoms with van der Waals surface area (Å²) in [5.74, 6) is 0.430. The Kier molecular flexibility index (Phi) is 5.67. The average Bonchev–Trinajstić information content (AvgIpc) is 2.62. The smallest absolute Gasteiger partial charge is 0.382 e. The minimum Gasteiger partial charge on any atom is -0.382 e. The molecule has 3 rings (SSSR count). The number of nitrogens with one attached hydrogen (secondary N) is 1. The zero-order valence-corrected chi connectivity index (χ0v) is 14.9. The third-order valence-corrected chi connectivity index (χ3v) is 4.00. The SMILES string of the molecule is OC(S)Cc1ccc(-c2nccnc2Nc2ccc(C(F)(F)F)cc2)cc1. The largest absolute Gasteiger partial charge is 0.416 e. The summed E-state index contributed by atoms with van der Waals surface area (Å²) in [6, 6.07) is 12.1. The van der Waals surface area contributed by atoms with E-state index in [4.69, 9.17) is 0 Å². The minimum absolute atomic E-state index is 0.417. The van der Waals surface area contributed by atoms with Gasteiger partial charge in [-0.3, -0.25) is 4.98 Å². The lowest BCUT2D eigenvalue weighted by Crippen LogP contribution is -2.05. The Morgan fingerprint density at radius 2 is 1.59 bits per heavy atom. The van der Waals surface area contributed by atoms with Crippen LogP contribution in [0.25, 0.3) is 11.3 Å². The van der Waals surface area contributed by atoms with Crippen molar-refractivity contribution in [3.05, 3.63) is 72.1 Å². The van der Waals surface area contributed by atoms with Gasteiger partial charge in [0.05, 0.1) is 5.56 Å². The van der Waals surface area contributed by atoms with Crippen LogP contribution in [0.2, 0.25) is 0 Å². The zero-order valence-electron chi connectivity index (χ0n) is 14.0. The van der Waals surface area contributed by atoms with E-state index in [0.29, 0.717) is 23.6 Å². The molecular weight excluding hydrogens is 375 g/mol. The molecule has 1 aromatic heterocycles. The average molecular weight is 391 g/mol. The zero-order chi connectivity index (χ0) is 19.4. The molecule has 2 aromatic carbocycles. The number of hydrogen-bond acceptors (Lipinski definition) is 5. The molecule has 0 aliphatic heterocycles. The molecule has 3 aromatic rings. The van der Waals surface area contributed by atoms with Crippen molar-refractivity contribution in [1.82, 2.24) is 9.97 Å². The van der Waals surface area contributed by atoms with E-state index in [-0.39, 0.29) is 0 Å². The van der Waals surface area contributed by atoms with E-state index in [1.54, 1.807) is 6.20 Å². The van der Waals surface area contributed by atoms with Crippen LogP contribution in [0.5, 0.6) is 0 Å². The Bertz CT molecular complexity index is 897. The number of nitrogens with zero attached hydrogens (tertiary/aromatic N) is 2. The number of hydrogen-bond donors (Lipinski definition) is 3. The molecule has 0 saturated heterocycles. The van der Waals surface area contributed by atoms with Crippen molar-refractivity contribution >= 4 is 24.1 Å². The second-order valence-electron chi connectivity index (χ2n) is 5.84. The van der Waals surface area contributed by atoms with Crippen LogP contribution >= 0.6 is 12.6 Å². The van der Waals surface area contributed by atoms with Crippen LogP contribution < -0.4 is 5.32 Å². The van der Waals surface area contributed by atoms with E-state index in [1.165, 1.54) is 18.3 Å². The van der Waals surface area contributed by atoms with Crippen molar-refractivity contribution in [2.75, 3.05) is 5.32 Å². The first-order chi connectivity index (χ1) is 12.8. The molecule has 0 spiro atoms. The summed E-state index contributed by atoms with van der Waals surface area (Å²) in [6.07, 6.45) is -0.917. The van der Waals surface area contributed by atoms with E-state index in [1.807, 2.05) is 24.3 Å². The topological polar surface area (TPSA) is 58.0 Å². The number of aliphatic hydroxyl groups is 1. The third kappa shape index (κ3) is 4.99. The Balaban J connectivity index is 1.84. The van der Waals surface area contributed by atoms with Gasteiger partial charge in [-0.15, -0.1) is 12.6 Å². The van der Waals surface area contributed by atoms with Crippen molar-refractivity contribution in [3.8, 4) is 11.3 Å². The second kappa shape index (κ2) is 7.98. The Morgan fingerprint density at radius 1 is 0.963 bits per heavy atom. The molecule has 8 heteroatoms. The fraction of sp³-hybridized carbons (Fsp3) is 0.158. The summed E-state index contributed by atoms with van der Waals surface area (Å²) in [7, 11) is 0. The Labute approximate surface area is 159 Å². The lowest BCUT2D eigenvalue weighted by molar-refractivity contribution is -0.137. The lowest BCUT2D eigenvalue weighted by atomic mass is 10.1. The predicted octanol–water partition coefficient (Wildman–Crippen LogP) is 4.70. The van der Waals surface area contributed by atoms with Gasteiger partial charge >= 0.3 is 6.18 Å². The number of thiol groups is 1. The van der Waals surface area contributed by atoms with Gasteiger partial charge in [0, 0.05) is 30.1 Å². The van der Waals surface area contributed by atoms with Crippen molar-refractivity contribution in [2.24, 2.45) is 0 Å². The first-order valence-corrected chi connectivity index (χ1v) is 8.55. The molecule has 0 amide bonds. The van der Waals surface area contributed by atoms with Crippen LogP contribution in [0.15, 0.2) is 60.9 Å². The molecule has 0 saturated carbocycles. The Hall–Kier alpha value is -2.58. The standard InChI is InChI=1S/C19H16F3N3OS/c20-19(21,22)14-5-7-15(8-6-14)25-18-17(23-9-10-24-18)13-3-1-12(2-4-13)11-16(26)27/h1-10,16,26-27H,11H2,(H,24,25). The van der Waals surface area contributed by atoms with Gasteiger partial charge < -0.3 is 10.4 Å². The van der Waals surface area contributed by atoms with Gasteiger partial charge in [0.25, 0.3) is 0 Å². The van der Waals surface area contributed by atoms with Gasteiger partial charge in [-0.25, -0.2) is 4.98 Å².